The molecule has 1 amide bonds. The molecule has 3 rings (SSSR count). The second kappa shape index (κ2) is 5.45. The summed E-state index contributed by atoms with van der Waals surface area (Å²) in [4.78, 5) is 14.7. The molecule has 2 aromatic rings. The maximum absolute atomic E-state index is 12.9. The molecule has 4 nitrogen and oxygen atoms in total. The molecule has 5 heteroatoms. The molecule has 0 unspecified atom stereocenters. The third-order valence-electron chi connectivity index (χ3n) is 3.89. The number of anilines is 2. The molecule has 0 aliphatic carbocycles. The number of rotatable bonds is 2. The van der Waals surface area contributed by atoms with Crippen molar-refractivity contribution in [3.63, 3.8) is 0 Å². The van der Waals surface area contributed by atoms with Gasteiger partial charge in [-0.15, -0.1) is 0 Å². The number of nitrogens with two attached hydrogens (primary N) is 1. The van der Waals surface area contributed by atoms with Crippen LogP contribution in [-0.2, 0) is 13.0 Å². The molecular formula is C16H18ClN3O. The van der Waals surface area contributed by atoms with E-state index in [9.17, 15) is 4.79 Å². The highest BCUT2D eigenvalue weighted by molar-refractivity contribution is 6.31. The van der Waals surface area contributed by atoms with Crippen LogP contribution in [-0.4, -0.2) is 17.0 Å². The maximum Gasteiger partial charge on any atom is 0.274 e. The molecule has 110 valence electrons. The summed E-state index contributed by atoms with van der Waals surface area (Å²) >= 11 is 6.04. The summed E-state index contributed by atoms with van der Waals surface area (Å²) in [6, 6.07) is 7.47. The third-order valence-corrected chi connectivity index (χ3v) is 4.10. The van der Waals surface area contributed by atoms with Crippen molar-refractivity contribution in [3.05, 3.63) is 46.7 Å². The number of hydrogen-bond donors (Lipinski definition) is 1. The summed E-state index contributed by atoms with van der Waals surface area (Å²) in [5.74, 6) is -0.00512. The predicted molar refractivity (Wildman–Crippen MR) is 86.0 cm³/mol. The van der Waals surface area contributed by atoms with Gasteiger partial charge < -0.3 is 15.2 Å². The summed E-state index contributed by atoms with van der Waals surface area (Å²) in [5.41, 5.74) is 9.30. The Morgan fingerprint density at radius 3 is 2.95 bits per heavy atom. The van der Waals surface area contributed by atoms with Gasteiger partial charge in [-0.1, -0.05) is 11.6 Å². The van der Waals surface area contributed by atoms with Crippen LogP contribution in [0.5, 0.6) is 0 Å². The Hall–Kier alpha value is -1.94. The van der Waals surface area contributed by atoms with E-state index in [1.54, 1.807) is 12.3 Å². The van der Waals surface area contributed by atoms with Crippen LogP contribution in [0.3, 0.4) is 0 Å². The van der Waals surface area contributed by atoms with Gasteiger partial charge in [-0.05, 0) is 49.6 Å². The first kappa shape index (κ1) is 14.0. The summed E-state index contributed by atoms with van der Waals surface area (Å²) in [6.07, 6.45) is 3.70. The number of amides is 1. The van der Waals surface area contributed by atoms with E-state index in [-0.39, 0.29) is 5.91 Å². The van der Waals surface area contributed by atoms with Crippen LogP contribution in [0.2, 0.25) is 5.02 Å². The van der Waals surface area contributed by atoms with E-state index in [0.717, 1.165) is 42.9 Å². The Balaban J connectivity index is 2.00. The largest absolute Gasteiger partial charge is 0.399 e. The zero-order valence-electron chi connectivity index (χ0n) is 12.0. The number of halogens is 1. The van der Waals surface area contributed by atoms with Crippen molar-refractivity contribution in [2.75, 3.05) is 17.2 Å². The first-order valence-electron chi connectivity index (χ1n) is 7.16. The fraction of sp³-hybridized carbons (Fsp3) is 0.312. The van der Waals surface area contributed by atoms with E-state index < -0.39 is 0 Å². The van der Waals surface area contributed by atoms with Crippen molar-refractivity contribution in [3.8, 4) is 0 Å². The smallest absolute Gasteiger partial charge is 0.274 e. The number of hydrogen-bond acceptors (Lipinski definition) is 2. The van der Waals surface area contributed by atoms with E-state index in [1.807, 2.05) is 34.6 Å². The number of carbonyl (C=O) groups is 1. The number of benzene rings is 1. The van der Waals surface area contributed by atoms with Gasteiger partial charge in [0.1, 0.15) is 5.69 Å². The lowest BCUT2D eigenvalue weighted by molar-refractivity contribution is 0.0976. The third kappa shape index (κ3) is 2.51. The maximum atomic E-state index is 12.9. The van der Waals surface area contributed by atoms with Gasteiger partial charge in [0.25, 0.3) is 5.91 Å². The molecule has 2 heterocycles. The van der Waals surface area contributed by atoms with Crippen LogP contribution in [0.25, 0.3) is 0 Å². The highest BCUT2D eigenvalue weighted by Gasteiger charge is 2.25. The van der Waals surface area contributed by atoms with Crippen LogP contribution in [0.15, 0.2) is 30.5 Å². The Labute approximate surface area is 129 Å². The van der Waals surface area contributed by atoms with Gasteiger partial charge in [-0.25, -0.2) is 0 Å². The average Bonchev–Trinajstić information content (AvgIpc) is 2.86. The summed E-state index contributed by atoms with van der Waals surface area (Å²) < 4.78 is 1.89. The van der Waals surface area contributed by atoms with Crippen LogP contribution in [0.4, 0.5) is 11.4 Å². The minimum Gasteiger partial charge on any atom is -0.399 e. The van der Waals surface area contributed by atoms with Crippen LogP contribution < -0.4 is 10.6 Å². The van der Waals surface area contributed by atoms with Gasteiger partial charge in [-0.2, -0.15) is 0 Å². The van der Waals surface area contributed by atoms with Crippen molar-refractivity contribution < 1.29 is 4.79 Å². The summed E-state index contributed by atoms with van der Waals surface area (Å²) in [7, 11) is 0. The van der Waals surface area contributed by atoms with E-state index >= 15 is 0 Å². The molecule has 0 saturated carbocycles. The van der Waals surface area contributed by atoms with E-state index in [1.165, 1.54) is 0 Å². The highest BCUT2D eigenvalue weighted by atomic mass is 35.5. The van der Waals surface area contributed by atoms with E-state index in [0.29, 0.717) is 10.7 Å². The highest BCUT2D eigenvalue weighted by Crippen LogP contribution is 2.30. The molecule has 1 aliphatic rings. The molecule has 0 bridgehead atoms. The van der Waals surface area contributed by atoms with Gasteiger partial charge in [0.05, 0.1) is 5.02 Å². The fourth-order valence-electron chi connectivity index (χ4n) is 2.88. The first-order chi connectivity index (χ1) is 10.1. The van der Waals surface area contributed by atoms with Crippen molar-refractivity contribution in [1.82, 2.24) is 4.57 Å². The zero-order valence-corrected chi connectivity index (χ0v) is 12.7. The number of fused-ring (bicyclic) bond motifs is 1. The first-order valence-corrected chi connectivity index (χ1v) is 7.54. The quantitative estimate of drug-likeness (QED) is 0.865. The Morgan fingerprint density at radius 1 is 1.38 bits per heavy atom. The Morgan fingerprint density at radius 2 is 2.19 bits per heavy atom. The Bertz CT molecular complexity index is 693. The van der Waals surface area contributed by atoms with E-state index in [4.69, 9.17) is 17.3 Å². The predicted octanol–water partition coefficient (Wildman–Crippen LogP) is 3.34. The molecule has 1 aromatic heterocycles. The van der Waals surface area contributed by atoms with Crippen LogP contribution >= 0.6 is 11.6 Å². The molecule has 0 radical (unpaired) electrons. The van der Waals surface area contributed by atoms with Gasteiger partial charge in [0.15, 0.2) is 0 Å². The van der Waals surface area contributed by atoms with Crippen LogP contribution in [0, 0.1) is 0 Å². The lowest BCUT2D eigenvalue weighted by Crippen LogP contribution is -2.36. The lowest BCUT2D eigenvalue weighted by atomic mass is 10.0. The number of nitrogen functional groups attached to an aromatic ring is 1. The molecule has 21 heavy (non-hydrogen) atoms. The normalized spacial score (nSPS) is 14.1. The van der Waals surface area contributed by atoms with Crippen molar-refractivity contribution >= 4 is 28.9 Å². The lowest BCUT2D eigenvalue weighted by Gasteiger charge is -2.30. The number of aryl methyl sites for hydroxylation is 2. The summed E-state index contributed by atoms with van der Waals surface area (Å²) in [6.45, 7) is 3.44. The molecule has 1 aromatic carbocycles. The Kier molecular flexibility index (Phi) is 3.64. The van der Waals surface area contributed by atoms with Crippen molar-refractivity contribution in [2.24, 2.45) is 0 Å². The molecule has 0 atom stereocenters. The minimum absolute atomic E-state index is 0.00512. The van der Waals surface area contributed by atoms with Crippen LogP contribution in [0.1, 0.15) is 29.4 Å². The van der Waals surface area contributed by atoms with Gasteiger partial charge >= 0.3 is 0 Å². The fourth-order valence-corrected chi connectivity index (χ4v) is 3.10. The molecule has 1 aliphatic heterocycles. The van der Waals surface area contributed by atoms with Crippen molar-refractivity contribution in [1.29, 1.82) is 0 Å². The van der Waals surface area contributed by atoms with Gasteiger partial charge in [0.2, 0.25) is 0 Å². The minimum atomic E-state index is -0.00512. The second-order valence-electron chi connectivity index (χ2n) is 5.28. The monoisotopic (exact) mass is 303 g/mol. The molecular weight excluding hydrogens is 286 g/mol. The number of aromatic nitrogens is 1. The second-order valence-corrected chi connectivity index (χ2v) is 5.71. The van der Waals surface area contributed by atoms with Gasteiger partial charge in [-0.3, -0.25) is 4.79 Å². The average molecular weight is 304 g/mol. The molecule has 0 spiro atoms. The standard InChI is InChI=1S/C16H18ClN3O/c1-2-19-10-12(17)9-15(19)16(21)20-7-3-4-11-8-13(18)5-6-14(11)20/h5-6,8-10H,2-4,7,18H2,1H3. The number of nitrogens with zero attached hydrogens (tertiary/aromatic N) is 2. The number of carbonyl (C=O) groups excluding carboxylic acids is 1. The summed E-state index contributed by atoms with van der Waals surface area (Å²) in [5, 5.41) is 0.592. The molecule has 2 N–H and O–H groups in total. The molecule has 0 fully saturated rings. The van der Waals surface area contributed by atoms with E-state index in [2.05, 4.69) is 0 Å². The van der Waals surface area contributed by atoms with Gasteiger partial charge in [0, 0.05) is 30.7 Å². The topological polar surface area (TPSA) is 51.3 Å². The zero-order chi connectivity index (χ0) is 15.0. The van der Waals surface area contributed by atoms with Crippen molar-refractivity contribution in [2.45, 2.75) is 26.3 Å². The molecule has 0 saturated heterocycles. The SMILES string of the molecule is CCn1cc(Cl)cc1C(=O)N1CCCc2cc(N)ccc21.